The van der Waals surface area contributed by atoms with Crippen LogP contribution in [0.3, 0.4) is 0 Å². The highest BCUT2D eigenvalue weighted by atomic mass is 19.3. The minimum atomic E-state index is -2.25. The lowest BCUT2D eigenvalue weighted by atomic mass is 9.64. The number of rotatable bonds is 5. The van der Waals surface area contributed by atoms with E-state index in [1.54, 1.807) is 30.4 Å². The molecule has 27 heavy (non-hydrogen) atoms. The van der Waals surface area contributed by atoms with E-state index < -0.39 is 18.0 Å². The molecule has 1 nitrogen and oxygen atoms in total. The molecule has 0 bridgehead atoms. The van der Waals surface area contributed by atoms with Crippen molar-refractivity contribution in [2.24, 2.45) is 29.6 Å². The molecule has 2 atom stereocenters. The minimum Gasteiger partial charge on any atom is -0.237 e. The smallest absolute Gasteiger partial charge is 0.237 e. The number of nitriles is 1. The van der Waals surface area contributed by atoms with Crippen molar-refractivity contribution in [1.82, 2.24) is 0 Å². The molecule has 0 radical (unpaired) electrons. The zero-order valence-electron chi connectivity index (χ0n) is 15.9. The molecule has 0 amide bonds. The van der Waals surface area contributed by atoms with Crippen LogP contribution in [-0.4, -0.2) is 12.1 Å². The lowest BCUT2D eigenvalue weighted by Crippen LogP contribution is -2.41. The molecule has 0 aromatic heterocycles. The van der Waals surface area contributed by atoms with Gasteiger partial charge >= 0.3 is 0 Å². The van der Waals surface area contributed by atoms with Crippen molar-refractivity contribution in [1.29, 1.82) is 5.26 Å². The first-order chi connectivity index (χ1) is 13.0. The topological polar surface area (TPSA) is 23.8 Å². The van der Waals surface area contributed by atoms with Gasteiger partial charge in [0.1, 0.15) is 5.92 Å². The molecule has 0 aromatic rings. The maximum Gasteiger partial charge on any atom is 0.242 e. The van der Waals surface area contributed by atoms with Crippen molar-refractivity contribution < 1.29 is 13.2 Å². The first-order valence-electron chi connectivity index (χ1n) is 10.4. The summed E-state index contributed by atoms with van der Waals surface area (Å²) in [7, 11) is 0. The number of alkyl halides is 3. The summed E-state index contributed by atoms with van der Waals surface area (Å²) in [4.78, 5) is 0. The molecule has 0 aliphatic heterocycles. The maximum absolute atomic E-state index is 15.5. The van der Waals surface area contributed by atoms with Gasteiger partial charge in [-0.15, -0.1) is 0 Å². The third kappa shape index (κ3) is 4.86. The van der Waals surface area contributed by atoms with Crippen molar-refractivity contribution >= 4 is 0 Å². The van der Waals surface area contributed by atoms with E-state index in [4.69, 9.17) is 0 Å². The van der Waals surface area contributed by atoms with Crippen LogP contribution in [0.5, 0.6) is 0 Å². The van der Waals surface area contributed by atoms with Crippen LogP contribution in [0.15, 0.2) is 36.5 Å². The Kier molecular flexibility index (Phi) is 6.84. The maximum atomic E-state index is 15.5. The lowest BCUT2D eigenvalue weighted by molar-refractivity contribution is 0.0518. The predicted octanol–water partition coefficient (Wildman–Crippen LogP) is 6.78. The number of allylic oxidation sites excluding steroid dienone is 6. The van der Waals surface area contributed by atoms with E-state index in [0.29, 0.717) is 17.8 Å². The van der Waals surface area contributed by atoms with Gasteiger partial charge in [-0.3, -0.25) is 0 Å². The van der Waals surface area contributed by atoms with Crippen molar-refractivity contribution in [3.8, 4) is 6.07 Å². The molecular formula is C23H30F3N. The summed E-state index contributed by atoms with van der Waals surface area (Å²) in [6.45, 7) is 0. The van der Waals surface area contributed by atoms with Gasteiger partial charge in [-0.05, 0) is 81.1 Å². The number of hydrogen-bond donors (Lipinski definition) is 0. The van der Waals surface area contributed by atoms with E-state index in [9.17, 15) is 14.0 Å². The average Bonchev–Trinajstić information content (AvgIpc) is 2.69. The molecule has 4 heteroatoms. The Morgan fingerprint density at radius 1 is 1.00 bits per heavy atom. The summed E-state index contributed by atoms with van der Waals surface area (Å²) >= 11 is 0. The van der Waals surface area contributed by atoms with E-state index in [1.165, 1.54) is 0 Å². The Hall–Kier alpha value is -1.50. The van der Waals surface area contributed by atoms with Crippen LogP contribution in [0.1, 0.15) is 57.8 Å². The van der Waals surface area contributed by atoms with E-state index in [1.807, 2.05) is 6.08 Å². The fourth-order valence-electron chi connectivity index (χ4n) is 5.38. The highest BCUT2D eigenvalue weighted by Gasteiger charge is 2.46. The van der Waals surface area contributed by atoms with Gasteiger partial charge in [0.2, 0.25) is 6.43 Å². The van der Waals surface area contributed by atoms with Crippen LogP contribution in [0, 0.1) is 40.9 Å². The van der Waals surface area contributed by atoms with Crippen molar-refractivity contribution in [3.63, 3.8) is 0 Å². The summed E-state index contributed by atoms with van der Waals surface area (Å²) in [5, 5.41) is 9.31. The van der Waals surface area contributed by atoms with Gasteiger partial charge in [0.05, 0.1) is 6.07 Å². The Labute approximate surface area is 161 Å². The van der Waals surface area contributed by atoms with Crippen molar-refractivity contribution in [3.05, 3.63) is 36.5 Å². The second-order valence-electron chi connectivity index (χ2n) is 8.52. The summed E-state index contributed by atoms with van der Waals surface area (Å²) < 4.78 is 40.0. The Bertz CT molecular complexity index is 602. The van der Waals surface area contributed by atoms with Crippen LogP contribution < -0.4 is 0 Å². The van der Waals surface area contributed by atoms with Crippen LogP contribution in [-0.2, 0) is 0 Å². The zero-order chi connectivity index (χ0) is 19.3. The van der Waals surface area contributed by atoms with Crippen LogP contribution >= 0.6 is 0 Å². The standard InChI is InChI=1S/C23H30F3N/c24-22(25)6-3-4-17-7-9-18(10-8-17)19-11-13-20(14-12-19)23(26)15-2-1-5-21(23)16-27/h1-5,15,17-22H,6-14H2/b4-3+. The van der Waals surface area contributed by atoms with Gasteiger partial charge in [-0.25, -0.2) is 13.2 Å². The zero-order valence-corrected chi connectivity index (χ0v) is 15.9. The average molecular weight is 377 g/mol. The molecule has 0 spiro atoms. The second kappa shape index (κ2) is 9.13. The van der Waals surface area contributed by atoms with Crippen LogP contribution in [0.4, 0.5) is 13.2 Å². The molecule has 2 unspecified atom stereocenters. The molecule has 3 aliphatic rings. The van der Waals surface area contributed by atoms with Gasteiger partial charge in [-0.1, -0.05) is 30.4 Å². The van der Waals surface area contributed by atoms with Gasteiger partial charge in [0.25, 0.3) is 0 Å². The highest BCUT2D eigenvalue weighted by molar-refractivity contribution is 5.28. The number of nitrogens with zero attached hydrogens (tertiary/aromatic N) is 1. The van der Waals surface area contributed by atoms with Gasteiger partial charge in [0, 0.05) is 6.42 Å². The summed E-state index contributed by atoms with van der Waals surface area (Å²) in [5.74, 6) is 1.06. The number of hydrogen-bond acceptors (Lipinski definition) is 1. The van der Waals surface area contributed by atoms with E-state index in [-0.39, 0.29) is 12.3 Å². The van der Waals surface area contributed by atoms with E-state index in [0.717, 1.165) is 51.4 Å². The van der Waals surface area contributed by atoms with E-state index in [2.05, 4.69) is 6.07 Å². The largest absolute Gasteiger partial charge is 0.242 e. The van der Waals surface area contributed by atoms with Crippen LogP contribution in [0.2, 0.25) is 0 Å². The number of halogens is 3. The predicted molar refractivity (Wildman–Crippen MR) is 102 cm³/mol. The van der Waals surface area contributed by atoms with E-state index >= 15 is 4.39 Å². The molecular weight excluding hydrogens is 347 g/mol. The third-order valence-corrected chi connectivity index (χ3v) is 6.99. The second-order valence-corrected chi connectivity index (χ2v) is 8.52. The van der Waals surface area contributed by atoms with Gasteiger partial charge in [0.15, 0.2) is 5.67 Å². The Morgan fingerprint density at radius 3 is 2.22 bits per heavy atom. The SMILES string of the molecule is N#CC1C=CC=CC1(F)C1CCC(C2CCC(/C=C/CC(F)F)CC2)CC1. The first kappa shape index (κ1) is 20.2. The normalized spacial score (nSPS) is 39.7. The summed E-state index contributed by atoms with van der Waals surface area (Å²) in [6.07, 6.45) is 16.3. The first-order valence-corrected chi connectivity index (χ1v) is 10.4. The molecule has 2 fully saturated rings. The lowest BCUT2D eigenvalue weighted by Gasteiger charge is -2.42. The fraction of sp³-hybridized carbons (Fsp3) is 0.696. The summed E-state index contributed by atoms with van der Waals surface area (Å²) in [5.41, 5.74) is -1.51. The summed E-state index contributed by atoms with van der Waals surface area (Å²) in [6, 6.07) is 2.13. The van der Waals surface area contributed by atoms with Crippen molar-refractivity contribution in [2.75, 3.05) is 0 Å². The quantitative estimate of drug-likeness (QED) is 0.484. The fourth-order valence-corrected chi connectivity index (χ4v) is 5.38. The molecule has 3 rings (SSSR count). The molecule has 148 valence electrons. The third-order valence-electron chi connectivity index (χ3n) is 6.99. The monoisotopic (exact) mass is 377 g/mol. The highest BCUT2D eigenvalue weighted by Crippen LogP contribution is 2.47. The van der Waals surface area contributed by atoms with Gasteiger partial charge in [-0.2, -0.15) is 5.26 Å². The molecule has 2 saturated carbocycles. The molecule has 0 N–H and O–H groups in total. The van der Waals surface area contributed by atoms with Gasteiger partial charge < -0.3 is 0 Å². The Morgan fingerprint density at radius 2 is 1.63 bits per heavy atom. The molecule has 0 aromatic carbocycles. The minimum absolute atomic E-state index is 0.0618. The molecule has 0 saturated heterocycles. The van der Waals surface area contributed by atoms with Crippen molar-refractivity contribution in [2.45, 2.75) is 69.9 Å². The molecule has 0 heterocycles. The Balaban J connectivity index is 1.46. The molecule has 3 aliphatic carbocycles. The van der Waals surface area contributed by atoms with Crippen LogP contribution in [0.25, 0.3) is 0 Å².